The van der Waals surface area contributed by atoms with E-state index in [1.54, 1.807) is 36.4 Å². The Kier molecular flexibility index (Phi) is 10.5. The molecular weight excluding hydrogens is 626 g/mol. The van der Waals surface area contributed by atoms with Crippen LogP contribution in [-0.2, 0) is 4.79 Å². The number of ether oxygens (including phenoxy) is 2. The lowest BCUT2D eigenvalue weighted by atomic mass is 9.93. The number of amides is 3. The smallest absolute Gasteiger partial charge is 0.497 e. The molecule has 0 aliphatic heterocycles. The molecule has 3 N–H and O–H groups in total. The van der Waals surface area contributed by atoms with Crippen LogP contribution in [0.2, 0.25) is 10.0 Å². The van der Waals surface area contributed by atoms with Gasteiger partial charge in [0, 0.05) is 18.2 Å². The molecule has 234 valence electrons. The van der Waals surface area contributed by atoms with Gasteiger partial charge in [-0.05, 0) is 48.2 Å². The van der Waals surface area contributed by atoms with Crippen molar-refractivity contribution in [2.75, 3.05) is 24.3 Å². The lowest BCUT2D eigenvalue weighted by molar-refractivity contribution is -0.274. The van der Waals surface area contributed by atoms with Crippen molar-refractivity contribution in [1.82, 2.24) is 4.90 Å². The number of carbonyl (C=O) groups is 3. The van der Waals surface area contributed by atoms with E-state index in [1.165, 1.54) is 18.1 Å². The van der Waals surface area contributed by atoms with Gasteiger partial charge in [0.25, 0.3) is 5.91 Å². The highest BCUT2D eigenvalue weighted by Crippen LogP contribution is 2.37. The summed E-state index contributed by atoms with van der Waals surface area (Å²) in [7, 11) is 1.53. The fourth-order valence-corrected chi connectivity index (χ4v) is 5.55. The van der Waals surface area contributed by atoms with Gasteiger partial charge in [0.15, 0.2) is 0 Å². The number of hydrogen-bond acceptors (Lipinski definition) is 5. The first-order chi connectivity index (χ1) is 20.8. The molecule has 0 bridgehead atoms. The van der Waals surface area contributed by atoms with E-state index in [9.17, 15) is 32.7 Å². The standard InChI is InChI=1S/C30H28Cl2F3N3O6/c1-43-20-10-7-17(8-11-20)18-9-12-22(28(41)38(16-26(39)40)19-5-3-2-4-6-19)25(13-18)36-29(42)37-27-23(31)14-21(15-24(27)32)44-30(33,34)35/h7-15,19H,2-6,16H2,1H3,(H,39,40)(H2,36,37,42). The molecular formula is C30H28Cl2F3N3O6. The van der Waals surface area contributed by atoms with Crippen LogP contribution >= 0.6 is 23.2 Å². The van der Waals surface area contributed by atoms with E-state index >= 15 is 0 Å². The molecule has 9 nitrogen and oxygen atoms in total. The lowest BCUT2D eigenvalue weighted by Gasteiger charge is -2.33. The molecule has 0 atom stereocenters. The Bertz CT molecular complexity index is 1510. The van der Waals surface area contributed by atoms with Gasteiger partial charge in [0.05, 0.1) is 34.1 Å². The minimum Gasteiger partial charge on any atom is -0.497 e. The maximum Gasteiger partial charge on any atom is 0.573 e. The largest absolute Gasteiger partial charge is 0.573 e. The number of carbonyl (C=O) groups excluding carboxylic acids is 2. The molecule has 44 heavy (non-hydrogen) atoms. The average molecular weight is 654 g/mol. The van der Waals surface area contributed by atoms with E-state index in [1.807, 2.05) is 0 Å². The maximum absolute atomic E-state index is 13.9. The molecule has 4 rings (SSSR count). The number of nitrogens with one attached hydrogen (secondary N) is 2. The zero-order valence-corrected chi connectivity index (χ0v) is 24.9. The summed E-state index contributed by atoms with van der Waals surface area (Å²) in [6.45, 7) is -0.521. The van der Waals surface area contributed by atoms with Crippen molar-refractivity contribution in [3.8, 4) is 22.6 Å². The third kappa shape index (κ3) is 8.48. The van der Waals surface area contributed by atoms with Crippen LogP contribution in [0.1, 0.15) is 42.5 Å². The minimum absolute atomic E-state index is 0.0374. The summed E-state index contributed by atoms with van der Waals surface area (Å²) in [4.78, 5) is 40.1. The molecule has 0 unspecified atom stereocenters. The first kappa shape index (κ1) is 32.7. The molecule has 0 saturated heterocycles. The molecule has 1 fully saturated rings. The van der Waals surface area contributed by atoms with Gasteiger partial charge in [-0.2, -0.15) is 0 Å². The fourth-order valence-electron chi connectivity index (χ4n) is 4.99. The molecule has 1 aliphatic rings. The number of methoxy groups -OCH3 is 1. The quantitative estimate of drug-likeness (QED) is 0.215. The number of halogens is 5. The van der Waals surface area contributed by atoms with Gasteiger partial charge in [-0.25, -0.2) is 4.79 Å². The number of hydrogen-bond donors (Lipinski definition) is 3. The molecule has 0 aromatic heterocycles. The molecule has 3 amide bonds. The lowest BCUT2D eigenvalue weighted by Crippen LogP contribution is -2.44. The number of aliphatic carboxylic acids is 1. The zero-order chi connectivity index (χ0) is 32.0. The number of nitrogens with zero attached hydrogens (tertiary/aromatic N) is 1. The minimum atomic E-state index is -4.98. The molecule has 3 aromatic rings. The predicted molar refractivity (Wildman–Crippen MR) is 160 cm³/mol. The maximum atomic E-state index is 13.9. The summed E-state index contributed by atoms with van der Waals surface area (Å²) in [6.07, 6.45) is -0.986. The van der Waals surface area contributed by atoms with Crippen LogP contribution in [-0.4, -0.2) is 54.0 Å². The summed E-state index contributed by atoms with van der Waals surface area (Å²) >= 11 is 12.2. The van der Waals surface area contributed by atoms with Crippen molar-refractivity contribution < 1.29 is 42.1 Å². The molecule has 1 saturated carbocycles. The summed E-state index contributed by atoms with van der Waals surface area (Å²) in [6, 6.07) is 12.2. The number of alkyl halides is 3. The summed E-state index contributed by atoms with van der Waals surface area (Å²) < 4.78 is 47.0. The number of benzene rings is 3. The summed E-state index contributed by atoms with van der Waals surface area (Å²) in [5.41, 5.74) is 1.24. The Morgan fingerprint density at radius 3 is 2.09 bits per heavy atom. The van der Waals surface area contributed by atoms with Crippen LogP contribution in [0, 0.1) is 0 Å². The van der Waals surface area contributed by atoms with Gasteiger partial charge in [0.1, 0.15) is 18.0 Å². The number of anilines is 2. The van der Waals surface area contributed by atoms with Gasteiger partial charge in [-0.15, -0.1) is 13.2 Å². The summed E-state index contributed by atoms with van der Waals surface area (Å²) in [5, 5.41) is 13.9. The first-order valence-corrected chi connectivity index (χ1v) is 14.2. The number of rotatable bonds is 9. The van der Waals surface area contributed by atoms with Crippen LogP contribution < -0.4 is 20.1 Å². The highest BCUT2D eigenvalue weighted by molar-refractivity contribution is 6.40. The second-order valence-electron chi connectivity index (χ2n) is 10.00. The Labute approximate surface area is 260 Å². The molecule has 0 spiro atoms. The molecule has 1 aliphatic carbocycles. The SMILES string of the molecule is COc1ccc(-c2ccc(C(=O)N(CC(=O)O)C3CCCCC3)c(NC(=O)Nc3c(Cl)cc(OC(F)(F)F)cc3Cl)c2)cc1. The topological polar surface area (TPSA) is 117 Å². The van der Waals surface area contributed by atoms with Crippen molar-refractivity contribution in [3.05, 3.63) is 70.2 Å². The second kappa shape index (κ2) is 14.1. The van der Waals surface area contributed by atoms with Crippen LogP contribution in [0.3, 0.4) is 0 Å². The van der Waals surface area contributed by atoms with E-state index in [4.69, 9.17) is 27.9 Å². The van der Waals surface area contributed by atoms with E-state index in [0.717, 1.165) is 37.0 Å². The van der Waals surface area contributed by atoms with Crippen molar-refractivity contribution in [2.45, 2.75) is 44.5 Å². The predicted octanol–water partition coefficient (Wildman–Crippen LogP) is 8.07. The monoisotopic (exact) mass is 653 g/mol. The van der Waals surface area contributed by atoms with E-state index in [-0.39, 0.29) is 33.0 Å². The third-order valence-corrected chi connectivity index (χ3v) is 7.59. The van der Waals surface area contributed by atoms with Crippen LogP contribution in [0.25, 0.3) is 11.1 Å². The Balaban J connectivity index is 1.68. The van der Waals surface area contributed by atoms with Gasteiger partial charge >= 0.3 is 18.4 Å². The Hall–Kier alpha value is -4.16. The van der Waals surface area contributed by atoms with E-state index in [0.29, 0.717) is 24.2 Å². The summed E-state index contributed by atoms with van der Waals surface area (Å²) in [5.74, 6) is -1.82. The Morgan fingerprint density at radius 2 is 1.52 bits per heavy atom. The highest BCUT2D eigenvalue weighted by Gasteiger charge is 2.32. The van der Waals surface area contributed by atoms with Crippen molar-refractivity contribution in [2.24, 2.45) is 0 Å². The Morgan fingerprint density at radius 1 is 0.909 bits per heavy atom. The number of carboxylic acids is 1. The molecule has 0 radical (unpaired) electrons. The van der Waals surface area contributed by atoms with E-state index < -0.39 is 36.6 Å². The third-order valence-electron chi connectivity index (χ3n) is 6.99. The number of carboxylic acid groups (broad SMARTS) is 1. The van der Waals surface area contributed by atoms with E-state index in [2.05, 4.69) is 15.4 Å². The highest BCUT2D eigenvalue weighted by atomic mass is 35.5. The van der Waals surface area contributed by atoms with Gasteiger partial charge in [0.2, 0.25) is 0 Å². The van der Waals surface area contributed by atoms with Crippen molar-refractivity contribution in [3.63, 3.8) is 0 Å². The zero-order valence-electron chi connectivity index (χ0n) is 23.3. The fraction of sp³-hybridized carbons (Fsp3) is 0.300. The van der Waals surface area contributed by atoms with Gasteiger partial charge < -0.3 is 30.1 Å². The van der Waals surface area contributed by atoms with Crippen LogP contribution in [0.4, 0.5) is 29.3 Å². The van der Waals surface area contributed by atoms with Gasteiger partial charge in [-0.1, -0.05) is 60.7 Å². The molecule has 3 aromatic carbocycles. The molecule has 0 heterocycles. The van der Waals surface area contributed by atoms with Crippen molar-refractivity contribution >= 4 is 52.5 Å². The van der Waals surface area contributed by atoms with Crippen LogP contribution in [0.15, 0.2) is 54.6 Å². The van der Waals surface area contributed by atoms with Crippen molar-refractivity contribution in [1.29, 1.82) is 0 Å². The second-order valence-corrected chi connectivity index (χ2v) is 10.8. The van der Waals surface area contributed by atoms with Crippen LogP contribution in [0.5, 0.6) is 11.5 Å². The molecule has 14 heteroatoms. The first-order valence-electron chi connectivity index (χ1n) is 13.5. The normalized spacial score (nSPS) is 13.6. The number of urea groups is 1. The average Bonchev–Trinajstić information content (AvgIpc) is 2.97. The van der Waals surface area contributed by atoms with Gasteiger partial charge in [-0.3, -0.25) is 9.59 Å².